The van der Waals surface area contributed by atoms with Gasteiger partial charge in [0.15, 0.2) is 5.16 Å². The van der Waals surface area contributed by atoms with E-state index < -0.39 is 0 Å². The van der Waals surface area contributed by atoms with E-state index in [2.05, 4.69) is 9.97 Å². The molecule has 0 saturated carbocycles. The highest BCUT2D eigenvalue weighted by Gasteiger charge is 2.00. The summed E-state index contributed by atoms with van der Waals surface area (Å²) in [7, 11) is 0. The monoisotopic (exact) mass is 193 g/mol. The van der Waals surface area contributed by atoms with E-state index in [1.54, 1.807) is 18.3 Å². The zero-order valence-electron chi connectivity index (χ0n) is 6.97. The molecule has 0 aliphatic heterocycles. The smallest absolute Gasteiger partial charge is 0.251 e. The Morgan fingerprint density at radius 2 is 2.23 bits per heavy atom. The standard InChI is InChI=1S/C8H7N3OS/c1-13-7-9-6-4-2-3-5-11(6)8(12)10-7/h2-5H,1H3. The van der Waals surface area contributed by atoms with E-state index in [1.807, 2.05) is 12.3 Å². The van der Waals surface area contributed by atoms with Crippen molar-refractivity contribution >= 4 is 17.4 Å². The number of thioether (sulfide) groups is 1. The first kappa shape index (κ1) is 8.25. The van der Waals surface area contributed by atoms with Gasteiger partial charge in [-0.15, -0.1) is 0 Å². The van der Waals surface area contributed by atoms with E-state index in [1.165, 1.54) is 16.2 Å². The molecule has 2 rings (SSSR count). The van der Waals surface area contributed by atoms with E-state index >= 15 is 0 Å². The molecule has 2 aromatic rings. The Morgan fingerprint density at radius 3 is 3.00 bits per heavy atom. The van der Waals surface area contributed by atoms with Gasteiger partial charge in [-0.2, -0.15) is 4.98 Å². The minimum absolute atomic E-state index is 0.282. The van der Waals surface area contributed by atoms with Crippen LogP contribution in [-0.4, -0.2) is 20.6 Å². The Bertz CT molecular complexity index is 494. The van der Waals surface area contributed by atoms with Crippen molar-refractivity contribution in [3.8, 4) is 0 Å². The molecule has 0 unspecified atom stereocenters. The zero-order chi connectivity index (χ0) is 9.26. The van der Waals surface area contributed by atoms with E-state index in [0.717, 1.165) is 0 Å². The van der Waals surface area contributed by atoms with Gasteiger partial charge in [-0.3, -0.25) is 4.40 Å². The van der Waals surface area contributed by atoms with Gasteiger partial charge in [-0.1, -0.05) is 17.8 Å². The summed E-state index contributed by atoms with van der Waals surface area (Å²) in [6, 6.07) is 5.39. The molecule has 2 aromatic heterocycles. The molecule has 2 heterocycles. The molecule has 5 heteroatoms. The molecule has 0 amide bonds. The summed E-state index contributed by atoms with van der Waals surface area (Å²) in [5.41, 5.74) is 0.349. The lowest BCUT2D eigenvalue weighted by molar-refractivity contribution is 0.848. The number of hydrogen-bond acceptors (Lipinski definition) is 4. The van der Waals surface area contributed by atoms with Crippen molar-refractivity contribution in [1.29, 1.82) is 0 Å². The minimum atomic E-state index is -0.282. The maximum absolute atomic E-state index is 11.4. The SMILES string of the molecule is CSc1nc(=O)n2ccccc2n1. The van der Waals surface area contributed by atoms with Crippen LogP contribution in [0, 0.1) is 0 Å². The summed E-state index contributed by atoms with van der Waals surface area (Å²) >= 11 is 1.36. The number of nitrogens with zero attached hydrogens (tertiary/aromatic N) is 3. The lowest BCUT2D eigenvalue weighted by atomic mass is 10.5. The van der Waals surface area contributed by atoms with Crippen molar-refractivity contribution in [2.45, 2.75) is 5.16 Å². The van der Waals surface area contributed by atoms with Gasteiger partial charge in [-0.05, 0) is 18.4 Å². The molecule has 0 aliphatic carbocycles. The highest BCUT2D eigenvalue weighted by Crippen LogP contribution is 2.05. The van der Waals surface area contributed by atoms with Crippen LogP contribution < -0.4 is 5.69 Å². The van der Waals surface area contributed by atoms with Crippen LogP contribution in [0.1, 0.15) is 0 Å². The van der Waals surface area contributed by atoms with Crippen LogP contribution in [0.3, 0.4) is 0 Å². The quantitative estimate of drug-likeness (QED) is 0.629. The number of aromatic nitrogens is 3. The first-order chi connectivity index (χ1) is 6.31. The van der Waals surface area contributed by atoms with Crippen molar-refractivity contribution in [1.82, 2.24) is 14.4 Å². The van der Waals surface area contributed by atoms with E-state index in [-0.39, 0.29) is 5.69 Å². The Morgan fingerprint density at radius 1 is 1.38 bits per heavy atom. The van der Waals surface area contributed by atoms with Crippen LogP contribution in [0.15, 0.2) is 34.3 Å². The third kappa shape index (κ3) is 1.42. The molecule has 0 saturated heterocycles. The minimum Gasteiger partial charge on any atom is -0.251 e. The highest BCUT2D eigenvalue weighted by atomic mass is 32.2. The largest absolute Gasteiger partial charge is 0.355 e. The molecular weight excluding hydrogens is 186 g/mol. The van der Waals surface area contributed by atoms with Gasteiger partial charge in [0.2, 0.25) is 0 Å². The van der Waals surface area contributed by atoms with Crippen LogP contribution in [0.2, 0.25) is 0 Å². The van der Waals surface area contributed by atoms with Crippen molar-refractivity contribution in [2.75, 3.05) is 6.26 Å². The summed E-state index contributed by atoms with van der Waals surface area (Å²) < 4.78 is 1.42. The van der Waals surface area contributed by atoms with Gasteiger partial charge < -0.3 is 0 Å². The van der Waals surface area contributed by atoms with Crippen LogP contribution in [-0.2, 0) is 0 Å². The Labute approximate surface area is 78.6 Å². The molecule has 0 aromatic carbocycles. The molecule has 0 bridgehead atoms. The molecule has 0 radical (unpaired) electrons. The number of pyridine rings is 1. The maximum Gasteiger partial charge on any atom is 0.355 e. The van der Waals surface area contributed by atoms with Gasteiger partial charge in [0.1, 0.15) is 5.65 Å². The average Bonchev–Trinajstić information content (AvgIpc) is 2.18. The normalized spacial score (nSPS) is 10.5. The van der Waals surface area contributed by atoms with Gasteiger partial charge in [-0.25, -0.2) is 9.78 Å². The third-order valence-electron chi connectivity index (χ3n) is 1.63. The predicted molar refractivity (Wildman–Crippen MR) is 51.0 cm³/mol. The molecular formula is C8H7N3OS. The Balaban J connectivity index is 2.85. The number of hydrogen-bond donors (Lipinski definition) is 0. The van der Waals surface area contributed by atoms with E-state index in [4.69, 9.17) is 0 Å². The first-order valence-electron chi connectivity index (χ1n) is 3.71. The van der Waals surface area contributed by atoms with Gasteiger partial charge >= 0.3 is 5.69 Å². The second-order valence-corrected chi connectivity index (χ2v) is 3.20. The fourth-order valence-corrected chi connectivity index (χ4v) is 1.39. The van der Waals surface area contributed by atoms with Crippen LogP contribution >= 0.6 is 11.8 Å². The maximum atomic E-state index is 11.4. The van der Waals surface area contributed by atoms with Crippen molar-refractivity contribution < 1.29 is 0 Å². The van der Waals surface area contributed by atoms with E-state index in [9.17, 15) is 4.79 Å². The van der Waals surface area contributed by atoms with Crippen LogP contribution in [0.4, 0.5) is 0 Å². The van der Waals surface area contributed by atoms with E-state index in [0.29, 0.717) is 10.8 Å². The number of rotatable bonds is 1. The summed E-state index contributed by atoms with van der Waals surface area (Å²) in [6.45, 7) is 0. The fraction of sp³-hybridized carbons (Fsp3) is 0.125. The number of fused-ring (bicyclic) bond motifs is 1. The van der Waals surface area contributed by atoms with Crippen LogP contribution in [0.25, 0.3) is 5.65 Å². The molecule has 13 heavy (non-hydrogen) atoms. The molecule has 0 atom stereocenters. The third-order valence-corrected chi connectivity index (χ3v) is 2.18. The summed E-state index contributed by atoms with van der Waals surface area (Å²) in [6.07, 6.45) is 3.50. The predicted octanol–water partition coefficient (Wildman–Crippen LogP) is 0.811. The molecule has 0 N–H and O–H groups in total. The van der Waals surface area contributed by atoms with Crippen molar-refractivity contribution in [2.24, 2.45) is 0 Å². The average molecular weight is 193 g/mol. The zero-order valence-corrected chi connectivity index (χ0v) is 7.78. The van der Waals surface area contributed by atoms with Crippen molar-refractivity contribution in [3.05, 3.63) is 34.9 Å². The molecule has 4 nitrogen and oxygen atoms in total. The lowest BCUT2D eigenvalue weighted by Gasteiger charge is -1.98. The van der Waals surface area contributed by atoms with Gasteiger partial charge in [0.05, 0.1) is 0 Å². The summed E-state index contributed by atoms with van der Waals surface area (Å²) in [5.74, 6) is 0. The van der Waals surface area contributed by atoms with Crippen LogP contribution in [0.5, 0.6) is 0 Å². The molecule has 0 aliphatic rings. The molecule has 0 spiro atoms. The summed E-state index contributed by atoms with van der Waals surface area (Å²) in [4.78, 5) is 19.3. The van der Waals surface area contributed by atoms with Crippen molar-refractivity contribution in [3.63, 3.8) is 0 Å². The van der Waals surface area contributed by atoms with Gasteiger partial charge in [0, 0.05) is 6.20 Å². The lowest BCUT2D eigenvalue weighted by Crippen LogP contribution is -2.18. The Hall–Kier alpha value is -1.36. The highest BCUT2D eigenvalue weighted by molar-refractivity contribution is 7.98. The first-order valence-corrected chi connectivity index (χ1v) is 4.93. The fourth-order valence-electron chi connectivity index (χ4n) is 1.04. The second-order valence-electron chi connectivity index (χ2n) is 2.42. The molecule has 66 valence electrons. The topological polar surface area (TPSA) is 47.3 Å². The van der Waals surface area contributed by atoms with Gasteiger partial charge in [0.25, 0.3) is 0 Å². The molecule has 0 fully saturated rings. The summed E-state index contributed by atoms with van der Waals surface area (Å²) in [5, 5.41) is 0.510. The second kappa shape index (κ2) is 3.18. The Kier molecular flexibility index (Phi) is 2.02.